The van der Waals surface area contributed by atoms with E-state index in [1.165, 1.54) is 12.0 Å². The number of amides is 1. The van der Waals surface area contributed by atoms with Crippen molar-refractivity contribution in [1.82, 2.24) is 4.90 Å². The van der Waals surface area contributed by atoms with Crippen LogP contribution in [0.5, 0.6) is 0 Å². The predicted octanol–water partition coefficient (Wildman–Crippen LogP) is 0.472. The molecule has 0 atom stereocenters. The molecule has 5 nitrogen and oxygen atoms in total. The third-order valence-corrected chi connectivity index (χ3v) is 3.61. The van der Waals surface area contributed by atoms with Gasteiger partial charge in [-0.05, 0) is 13.8 Å². The number of ether oxygens (including phenoxy) is 1. The van der Waals surface area contributed by atoms with E-state index in [9.17, 15) is 13.2 Å². The van der Waals surface area contributed by atoms with E-state index in [0.29, 0.717) is 13.1 Å². The molecule has 0 aliphatic carbocycles. The van der Waals surface area contributed by atoms with E-state index in [4.69, 9.17) is 4.74 Å². The van der Waals surface area contributed by atoms with Crippen molar-refractivity contribution in [3.05, 3.63) is 12.2 Å². The second kappa shape index (κ2) is 7.45. The molecule has 1 amide bonds. The van der Waals surface area contributed by atoms with E-state index >= 15 is 0 Å². The minimum atomic E-state index is -3.38. The van der Waals surface area contributed by atoms with Crippen molar-refractivity contribution >= 4 is 15.7 Å². The lowest BCUT2D eigenvalue weighted by atomic mass is 10.3. The van der Waals surface area contributed by atoms with Gasteiger partial charge in [-0.15, -0.1) is 0 Å². The van der Waals surface area contributed by atoms with Crippen molar-refractivity contribution < 1.29 is 17.9 Å². The molecule has 100 valence electrons. The lowest BCUT2D eigenvalue weighted by molar-refractivity contribution is -0.127. The first-order chi connectivity index (χ1) is 7.82. The number of likely N-dealkylation sites (N-methyl/N-ethyl adjacent to an activating group) is 1. The van der Waals surface area contributed by atoms with Crippen LogP contribution in [0.25, 0.3) is 0 Å². The molecule has 0 saturated heterocycles. The molecule has 6 heteroatoms. The lowest BCUT2D eigenvalue weighted by Crippen LogP contribution is -2.37. The molecule has 0 aromatic carbocycles. The minimum Gasteiger partial charge on any atom is -0.384 e. The topological polar surface area (TPSA) is 63.7 Å². The minimum absolute atomic E-state index is 0.113. The standard InChI is InChI=1S/C11H21NO4S/c1-5-12(8-10(2)3)11(13)9-17(14,15)7-6-16-4/h2,5-9H2,1,3-4H3. The molecule has 0 unspecified atom stereocenters. The average molecular weight is 263 g/mol. The van der Waals surface area contributed by atoms with Crippen LogP contribution in [0.2, 0.25) is 0 Å². The molecule has 0 aromatic rings. The highest BCUT2D eigenvalue weighted by atomic mass is 32.2. The molecule has 0 N–H and O–H groups in total. The maximum atomic E-state index is 11.8. The molecule has 0 radical (unpaired) electrons. The van der Waals surface area contributed by atoms with Gasteiger partial charge < -0.3 is 9.64 Å². The Balaban J connectivity index is 4.45. The Bertz CT molecular complexity index is 362. The molecule has 0 aromatic heterocycles. The van der Waals surface area contributed by atoms with Gasteiger partial charge in [0.25, 0.3) is 0 Å². The van der Waals surface area contributed by atoms with Crippen LogP contribution in [-0.4, -0.2) is 57.5 Å². The zero-order valence-electron chi connectivity index (χ0n) is 10.7. The Morgan fingerprint density at radius 1 is 1.41 bits per heavy atom. The largest absolute Gasteiger partial charge is 0.384 e. The summed E-state index contributed by atoms with van der Waals surface area (Å²) in [7, 11) is -1.95. The summed E-state index contributed by atoms with van der Waals surface area (Å²) in [5.41, 5.74) is 0.828. The molecule has 0 aliphatic heterocycles. The van der Waals surface area contributed by atoms with Gasteiger partial charge in [0.1, 0.15) is 5.75 Å². The Morgan fingerprint density at radius 3 is 2.41 bits per heavy atom. The summed E-state index contributed by atoms with van der Waals surface area (Å²) in [6.07, 6.45) is 0. The molecule has 0 heterocycles. The van der Waals surface area contributed by atoms with Crippen LogP contribution in [0, 0.1) is 0 Å². The number of carbonyl (C=O) groups excluding carboxylic acids is 1. The SMILES string of the molecule is C=C(C)CN(CC)C(=O)CS(=O)(=O)CCOC. The van der Waals surface area contributed by atoms with Crippen molar-refractivity contribution in [2.75, 3.05) is 38.3 Å². The van der Waals surface area contributed by atoms with Crippen molar-refractivity contribution in [2.24, 2.45) is 0 Å². The molecular weight excluding hydrogens is 242 g/mol. The highest BCUT2D eigenvalue weighted by Gasteiger charge is 2.20. The summed E-state index contributed by atoms with van der Waals surface area (Å²) in [6, 6.07) is 0. The Kier molecular flexibility index (Phi) is 7.06. The zero-order chi connectivity index (χ0) is 13.5. The first kappa shape index (κ1) is 16.1. The number of nitrogens with zero attached hydrogens (tertiary/aromatic N) is 1. The van der Waals surface area contributed by atoms with E-state index < -0.39 is 15.6 Å². The van der Waals surface area contributed by atoms with Crippen molar-refractivity contribution in [3.63, 3.8) is 0 Å². The van der Waals surface area contributed by atoms with E-state index in [0.717, 1.165) is 5.57 Å². The van der Waals surface area contributed by atoms with E-state index in [2.05, 4.69) is 6.58 Å². The number of sulfone groups is 1. The van der Waals surface area contributed by atoms with Gasteiger partial charge in [-0.2, -0.15) is 0 Å². The summed E-state index contributed by atoms with van der Waals surface area (Å²) >= 11 is 0. The summed E-state index contributed by atoms with van der Waals surface area (Å²) < 4.78 is 27.8. The first-order valence-electron chi connectivity index (χ1n) is 5.44. The number of hydrogen-bond acceptors (Lipinski definition) is 4. The second-order valence-corrected chi connectivity index (χ2v) is 6.13. The van der Waals surface area contributed by atoms with Crippen molar-refractivity contribution in [3.8, 4) is 0 Å². The fourth-order valence-electron chi connectivity index (χ4n) is 1.26. The predicted molar refractivity (Wildman–Crippen MR) is 67.6 cm³/mol. The Morgan fingerprint density at radius 2 is 2.00 bits per heavy atom. The lowest BCUT2D eigenvalue weighted by Gasteiger charge is -2.20. The zero-order valence-corrected chi connectivity index (χ0v) is 11.5. The van der Waals surface area contributed by atoms with Gasteiger partial charge in [0.15, 0.2) is 9.84 Å². The van der Waals surface area contributed by atoms with E-state index in [1.54, 1.807) is 6.92 Å². The molecular formula is C11H21NO4S. The number of methoxy groups -OCH3 is 1. The monoisotopic (exact) mass is 263 g/mol. The van der Waals surface area contributed by atoms with Crippen LogP contribution < -0.4 is 0 Å². The van der Waals surface area contributed by atoms with Gasteiger partial charge in [0.2, 0.25) is 5.91 Å². The van der Waals surface area contributed by atoms with Gasteiger partial charge in [0, 0.05) is 20.2 Å². The fourth-order valence-corrected chi connectivity index (χ4v) is 2.39. The number of rotatable bonds is 8. The maximum absolute atomic E-state index is 11.8. The Labute approximate surface area is 103 Å². The molecule has 0 saturated carbocycles. The quantitative estimate of drug-likeness (QED) is 0.597. The molecule has 0 aliphatic rings. The van der Waals surface area contributed by atoms with Gasteiger partial charge in [-0.25, -0.2) is 8.42 Å². The van der Waals surface area contributed by atoms with E-state index in [-0.39, 0.29) is 18.3 Å². The van der Waals surface area contributed by atoms with Crippen molar-refractivity contribution in [1.29, 1.82) is 0 Å². The van der Waals surface area contributed by atoms with Crippen LogP contribution in [0.1, 0.15) is 13.8 Å². The highest BCUT2D eigenvalue weighted by Crippen LogP contribution is 2.00. The van der Waals surface area contributed by atoms with Gasteiger partial charge in [0.05, 0.1) is 12.4 Å². The average Bonchev–Trinajstić information content (AvgIpc) is 2.22. The maximum Gasteiger partial charge on any atom is 0.238 e. The smallest absolute Gasteiger partial charge is 0.238 e. The number of hydrogen-bond donors (Lipinski definition) is 0. The summed E-state index contributed by atoms with van der Waals surface area (Å²) in [6.45, 7) is 8.31. The van der Waals surface area contributed by atoms with Crippen LogP contribution >= 0.6 is 0 Å². The van der Waals surface area contributed by atoms with Gasteiger partial charge >= 0.3 is 0 Å². The van der Waals surface area contributed by atoms with Crippen molar-refractivity contribution in [2.45, 2.75) is 13.8 Å². The third kappa shape index (κ3) is 7.12. The molecule has 17 heavy (non-hydrogen) atoms. The third-order valence-electron chi connectivity index (χ3n) is 2.14. The fraction of sp³-hybridized carbons (Fsp3) is 0.727. The van der Waals surface area contributed by atoms with Crippen LogP contribution in [-0.2, 0) is 19.4 Å². The first-order valence-corrected chi connectivity index (χ1v) is 7.26. The molecule has 0 spiro atoms. The summed E-state index contributed by atoms with van der Waals surface area (Å²) in [5, 5.41) is 0. The van der Waals surface area contributed by atoms with E-state index in [1.807, 2.05) is 6.92 Å². The van der Waals surface area contributed by atoms with Gasteiger partial charge in [-0.3, -0.25) is 4.79 Å². The molecule has 0 rings (SSSR count). The van der Waals surface area contributed by atoms with Gasteiger partial charge in [-0.1, -0.05) is 12.2 Å². The normalized spacial score (nSPS) is 11.2. The summed E-state index contributed by atoms with van der Waals surface area (Å²) in [5.74, 6) is -0.969. The molecule has 0 bridgehead atoms. The number of carbonyl (C=O) groups is 1. The van der Waals surface area contributed by atoms with Crippen LogP contribution in [0.3, 0.4) is 0 Å². The second-order valence-electron chi connectivity index (χ2n) is 3.95. The highest BCUT2D eigenvalue weighted by molar-refractivity contribution is 7.92. The Hall–Kier alpha value is -0.880. The van der Waals surface area contributed by atoms with Crippen LogP contribution in [0.4, 0.5) is 0 Å². The summed E-state index contributed by atoms with van der Waals surface area (Å²) in [4.78, 5) is 13.2. The molecule has 0 fully saturated rings. The van der Waals surface area contributed by atoms with Crippen LogP contribution in [0.15, 0.2) is 12.2 Å².